The largest absolute Gasteiger partial charge is 0.392 e. The van der Waals surface area contributed by atoms with Gasteiger partial charge in [-0.25, -0.2) is 0 Å². The van der Waals surface area contributed by atoms with Gasteiger partial charge in [0.15, 0.2) is 0 Å². The van der Waals surface area contributed by atoms with Crippen molar-refractivity contribution in [2.75, 3.05) is 32.7 Å². The van der Waals surface area contributed by atoms with Crippen LogP contribution in [0, 0.1) is 5.92 Å². The molecule has 1 aromatic rings. The van der Waals surface area contributed by atoms with Crippen molar-refractivity contribution in [2.24, 2.45) is 5.92 Å². The minimum Gasteiger partial charge on any atom is -0.392 e. The summed E-state index contributed by atoms with van der Waals surface area (Å²) in [6, 6.07) is 1.80. The van der Waals surface area contributed by atoms with Gasteiger partial charge in [0.05, 0.1) is 11.7 Å². The zero-order chi connectivity index (χ0) is 14.8. The zero-order valence-corrected chi connectivity index (χ0v) is 13.5. The molecule has 1 aliphatic carbocycles. The first-order chi connectivity index (χ1) is 10.1. The number of aliphatic hydroxyl groups is 1. The Morgan fingerprint density at radius 2 is 2.05 bits per heavy atom. The summed E-state index contributed by atoms with van der Waals surface area (Å²) in [5.41, 5.74) is 0.621. The third-order valence-electron chi connectivity index (χ3n) is 4.22. The van der Waals surface area contributed by atoms with Crippen LogP contribution in [0.2, 0.25) is 0 Å². The van der Waals surface area contributed by atoms with Gasteiger partial charge in [-0.1, -0.05) is 0 Å². The molecule has 114 valence electrons. The highest BCUT2D eigenvalue weighted by Gasteiger charge is 2.32. The van der Waals surface area contributed by atoms with Crippen LogP contribution < -0.4 is 0 Å². The monoisotopic (exact) mass is 353 g/mol. The number of amides is 1. The molecular weight excluding hydrogens is 334 g/mol. The fourth-order valence-corrected chi connectivity index (χ4v) is 3.10. The lowest BCUT2D eigenvalue weighted by Crippen LogP contribution is -2.50. The Morgan fingerprint density at radius 1 is 1.33 bits per heavy atom. The van der Waals surface area contributed by atoms with Crippen molar-refractivity contribution in [1.82, 2.24) is 14.8 Å². The highest BCUT2D eigenvalue weighted by atomic mass is 79.9. The average molecular weight is 354 g/mol. The van der Waals surface area contributed by atoms with Crippen LogP contribution >= 0.6 is 15.9 Å². The number of hydrogen-bond donors (Lipinski definition) is 1. The Kier molecular flexibility index (Phi) is 4.57. The summed E-state index contributed by atoms with van der Waals surface area (Å²) in [6.45, 7) is 3.82. The Labute approximate surface area is 133 Å². The molecule has 0 spiro atoms. The molecule has 2 aliphatic rings. The molecule has 2 heterocycles. The van der Waals surface area contributed by atoms with E-state index in [0.717, 1.165) is 36.9 Å². The average Bonchev–Trinajstić information content (AvgIpc) is 3.32. The van der Waals surface area contributed by atoms with E-state index in [-0.39, 0.29) is 12.0 Å². The van der Waals surface area contributed by atoms with E-state index in [9.17, 15) is 9.90 Å². The molecule has 1 saturated heterocycles. The van der Waals surface area contributed by atoms with Crippen LogP contribution in [0.15, 0.2) is 22.9 Å². The van der Waals surface area contributed by atoms with Crippen LogP contribution in [0.25, 0.3) is 0 Å². The van der Waals surface area contributed by atoms with Crippen molar-refractivity contribution < 1.29 is 9.90 Å². The minimum atomic E-state index is -0.193. The van der Waals surface area contributed by atoms with Gasteiger partial charge < -0.3 is 10.0 Å². The van der Waals surface area contributed by atoms with Gasteiger partial charge in [-0.3, -0.25) is 14.7 Å². The standard InChI is InChI=1S/C15H20BrN3O2/c16-13-7-12(8-17-9-13)15(21)19-5-3-18(4-6-19)10-14(20)11-1-2-11/h7-9,11,14,20H,1-6,10H2/t14-/m1/s1. The second-order valence-corrected chi connectivity index (χ2v) is 6.81. The highest BCUT2D eigenvalue weighted by Crippen LogP contribution is 2.32. The van der Waals surface area contributed by atoms with Crippen LogP contribution in [0.4, 0.5) is 0 Å². The molecule has 1 amide bonds. The molecule has 1 N–H and O–H groups in total. The zero-order valence-electron chi connectivity index (χ0n) is 11.9. The van der Waals surface area contributed by atoms with Gasteiger partial charge in [0.2, 0.25) is 0 Å². The SMILES string of the molecule is O=C(c1cncc(Br)c1)N1CCN(C[C@@H](O)C2CC2)CC1. The molecule has 1 aliphatic heterocycles. The van der Waals surface area contributed by atoms with Crippen LogP contribution in [0.3, 0.4) is 0 Å². The maximum absolute atomic E-state index is 12.4. The molecule has 6 heteroatoms. The number of halogens is 1. The summed E-state index contributed by atoms with van der Waals surface area (Å²) >= 11 is 3.34. The normalized spacial score (nSPS) is 21.3. The van der Waals surface area contributed by atoms with Crippen LogP contribution in [0.5, 0.6) is 0 Å². The summed E-state index contributed by atoms with van der Waals surface area (Å²) in [5.74, 6) is 0.545. The van der Waals surface area contributed by atoms with Gasteiger partial charge >= 0.3 is 0 Å². The van der Waals surface area contributed by atoms with Gasteiger partial charge in [0.1, 0.15) is 0 Å². The molecule has 0 radical (unpaired) electrons. The van der Waals surface area contributed by atoms with Crippen molar-refractivity contribution in [2.45, 2.75) is 18.9 Å². The number of hydrogen-bond acceptors (Lipinski definition) is 4. The molecule has 1 aromatic heterocycles. The predicted octanol–water partition coefficient (Wildman–Crippen LogP) is 1.37. The summed E-state index contributed by atoms with van der Waals surface area (Å²) in [7, 11) is 0. The number of β-amino-alcohol motifs (C(OH)–C–C–N with tert-alkyl or cyclic N) is 1. The number of carbonyl (C=O) groups is 1. The number of aliphatic hydroxyl groups excluding tert-OH is 1. The lowest BCUT2D eigenvalue weighted by molar-refractivity contribution is 0.0488. The van der Waals surface area contributed by atoms with Gasteiger partial charge in [-0.2, -0.15) is 0 Å². The number of pyridine rings is 1. The van der Waals surface area contributed by atoms with E-state index < -0.39 is 0 Å². The lowest BCUT2D eigenvalue weighted by Gasteiger charge is -2.35. The van der Waals surface area contributed by atoms with Gasteiger partial charge in [0.25, 0.3) is 5.91 Å². The van der Waals surface area contributed by atoms with E-state index in [1.54, 1.807) is 18.5 Å². The Bertz CT molecular complexity index is 513. The maximum Gasteiger partial charge on any atom is 0.255 e. The Morgan fingerprint density at radius 3 is 2.67 bits per heavy atom. The summed E-state index contributed by atoms with van der Waals surface area (Å²) < 4.78 is 0.819. The molecular formula is C15H20BrN3O2. The number of rotatable bonds is 4. The first kappa shape index (κ1) is 14.9. The number of piperazine rings is 1. The van der Waals surface area contributed by atoms with E-state index >= 15 is 0 Å². The van der Waals surface area contributed by atoms with Crippen molar-refractivity contribution in [3.05, 3.63) is 28.5 Å². The second-order valence-electron chi connectivity index (χ2n) is 5.89. The minimum absolute atomic E-state index is 0.0335. The fourth-order valence-electron chi connectivity index (χ4n) is 2.74. The number of nitrogens with zero attached hydrogens (tertiary/aromatic N) is 3. The highest BCUT2D eigenvalue weighted by molar-refractivity contribution is 9.10. The Balaban J connectivity index is 1.51. The predicted molar refractivity (Wildman–Crippen MR) is 83.0 cm³/mol. The lowest BCUT2D eigenvalue weighted by atomic mass is 10.2. The topological polar surface area (TPSA) is 56.7 Å². The van der Waals surface area contributed by atoms with E-state index in [4.69, 9.17) is 0 Å². The van der Waals surface area contributed by atoms with E-state index in [0.29, 0.717) is 24.6 Å². The summed E-state index contributed by atoms with van der Waals surface area (Å²) in [6.07, 6.45) is 5.41. The van der Waals surface area contributed by atoms with E-state index in [1.807, 2.05) is 4.90 Å². The van der Waals surface area contributed by atoms with Gasteiger partial charge in [-0.05, 0) is 40.8 Å². The van der Waals surface area contributed by atoms with Crippen molar-refractivity contribution >= 4 is 21.8 Å². The molecule has 1 atom stereocenters. The molecule has 0 aromatic carbocycles. The molecule has 1 saturated carbocycles. The fraction of sp³-hybridized carbons (Fsp3) is 0.600. The van der Waals surface area contributed by atoms with Gasteiger partial charge in [-0.15, -0.1) is 0 Å². The molecule has 0 bridgehead atoms. The van der Waals surface area contributed by atoms with Crippen molar-refractivity contribution in [3.8, 4) is 0 Å². The molecule has 5 nitrogen and oxygen atoms in total. The smallest absolute Gasteiger partial charge is 0.255 e. The van der Waals surface area contributed by atoms with Crippen LogP contribution in [0.1, 0.15) is 23.2 Å². The third-order valence-corrected chi connectivity index (χ3v) is 4.66. The Hall–Kier alpha value is -0.980. The molecule has 3 rings (SSSR count). The molecule has 0 unspecified atom stereocenters. The number of carbonyl (C=O) groups excluding carboxylic acids is 1. The van der Waals surface area contributed by atoms with E-state index in [2.05, 4.69) is 25.8 Å². The maximum atomic E-state index is 12.4. The quantitative estimate of drug-likeness (QED) is 0.888. The second kappa shape index (κ2) is 6.42. The number of aromatic nitrogens is 1. The molecule has 2 fully saturated rings. The summed E-state index contributed by atoms with van der Waals surface area (Å²) in [5, 5.41) is 9.99. The van der Waals surface area contributed by atoms with Crippen molar-refractivity contribution in [1.29, 1.82) is 0 Å². The molecule has 21 heavy (non-hydrogen) atoms. The first-order valence-corrected chi connectivity index (χ1v) is 8.23. The van der Waals surface area contributed by atoms with Crippen LogP contribution in [-0.4, -0.2) is 64.6 Å². The van der Waals surface area contributed by atoms with Crippen LogP contribution in [-0.2, 0) is 0 Å². The van der Waals surface area contributed by atoms with Gasteiger partial charge in [0, 0.05) is 49.6 Å². The first-order valence-electron chi connectivity index (χ1n) is 7.44. The van der Waals surface area contributed by atoms with Crippen molar-refractivity contribution in [3.63, 3.8) is 0 Å². The van der Waals surface area contributed by atoms with E-state index in [1.165, 1.54) is 0 Å². The third kappa shape index (κ3) is 3.81. The summed E-state index contributed by atoms with van der Waals surface area (Å²) in [4.78, 5) is 20.6.